The van der Waals surface area contributed by atoms with Gasteiger partial charge >= 0.3 is 0 Å². The summed E-state index contributed by atoms with van der Waals surface area (Å²) in [5, 5.41) is 0. The fraction of sp³-hybridized carbons (Fsp3) is 0.167. The summed E-state index contributed by atoms with van der Waals surface area (Å²) in [4.78, 5) is 4.33. The molecule has 3 aromatic rings. The molecule has 0 N–H and O–H groups in total. The Morgan fingerprint density at radius 2 is 1.91 bits per heavy atom. The molecular formula is C18H16FNO2S. The first-order chi connectivity index (χ1) is 11.1. The van der Waals surface area contributed by atoms with Gasteiger partial charge in [0, 0.05) is 22.1 Å². The van der Waals surface area contributed by atoms with E-state index in [0.717, 1.165) is 11.1 Å². The SMILES string of the molecule is Cc1cccc(C[S@@](=O)Cc2coc(-c3ccc(F)cc3)n2)c1. The van der Waals surface area contributed by atoms with Crippen molar-refractivity contribution in [2.45, 2.75) is 18.4 Å². The lowest BCUT2D eigenvalue weighted by Gasteiger charge is -2.02. The third kappa shape index (κ3) is 4.13. The first-order valence-electron chi connectivity index (χ1n) is 7.21. The molecule has 1 atom stereocenters. The summed E-state index contributed by atoms with van der Waals surface area (Å²) in [6.45, 7) is 2.01. The highest BCUT2D eigenvalue weighted by Crippen LogP contribution is 2.20. The highest BCUT2D eigenvalue weighted by molar-refractivity contribution is 7.83. The van der Waals surface area contributed by atoms with E-state index in [1.807, 2.05) is 31.2 Å². The Kier molecular flexibility index (Phi) is 4.67. The second kappa shape index (κ2) is 6.87. The topological polar surface area (TPSA) is 43.1 Å². The second-order valence-corrected chi connectivity index (χ2v) is 6.83. The Hall–Kier alpha value is -2.27. The zero-order chi connectivity index (χ0) is 16.2. The minimum Gasteiger partial charge on any atom is -0.444 e. The maximum absolute atomic E-state index is 12.9. The molecule has 0 bridgehead atoms. The highest BCUT2D eigenvalue weighted by atomic mass is 32.2. The summed E-state index contributed by atoms with van der Waals surface area (Å²) >= 11 is 0. The van der Waals surface area contributed by atoms with Crippen molar-refractivity contribution in [1.29, 1.82) is 0 Å². The molecule has 2 aromatic carbocycles. The van der Waals surface area contributed by atoms with Crippen molar-refractivity contribution in [3.05, 3.63) is 77.4 Å². The van der Waals surface area contributed by atoms with Gasteiger partial charge in [-0.2, -0.15) is 0 Å². The van der Waals surface area contributed by atoms with E-state index in [-0.39, 0.29) is 5.82 Å². The van der Waals surface area contributed by atoms with Crippen LogP contribution in [-0.2, 0) is 22.3 Å². The van der Waals surface area contributed by atoms with Gasteiger partial charge in [0.05, 0.1) is 11.4 Å². The first-order valence-corrected chi connectivity index (χ1v) is 8.70. The van der Waals surface area contributed by atoms with E-state index < -0.39 is 10.8 Å². The zero-order valence-corrected chi connectivity index (χ0v) is 13.5. The number of hydrogen-bond acceptors (Lipinski definition) is 3. The van der Waals surface area contributed by atoms with Crippen molar-refractivity contribution in [3.8, 4) is 11.5 Å². The van der Waals surface area contributed by atoms with Gasteiger partial charge in [-0.15, -0.1) is 0 Å². The van der Waals surface area contributed by atoms with Crippen molar-refractivity contribution in [1.82, 2.24) is 4.98 Å². The molecule has 23 heavy (non-hydrogen) atoms. The lowest BCUT2D eigenvalue weighted by atomic mass is 10.2. The van der Waals surface area contributed by atoms with Crippen molar-refractivity contribution in [2.75, 3.05) is 0 Å². The Labute approximate surface area is 136 Å². The Bertz CT molecular complexity index is 827. The number of hydrogen-bond donors (Lipinski definition) is 0. The molecular weight excluding hydrogens is 313 g/mol. The molecule has 0 saturated carbocycles. The summed E-state index contributed by atoms with van der Waals surface area (Å²) in [6, 6.07) is 13.9. The monoisotopic (exact) mass is 329 g/mol. The standard InChI is InChI=1S/C18H16FNO2S/c1-13-3-2-4-14(9-13)11-23(21)12-17-10-22-18(20-17)15-5-7-16(19)8-6-15/h2-10H,11-12H2,1H3/t23-/m1/s1. The van der Waals surface area contributed by atoms with Gasteiger partial charge < -0.3 is 4.42 Å². The van der Waals surface area contributed by atoms with E-state index in [2.05, 4.69) is 4.98 Å². The number of aromatic nitrogens is 1. The van der Waals surface area contributed by atoms with Crippen LogP contribution in [0.15, 0.2) is 59.2 Å². The van der Waals surface area contributed by atoms with Crippen LogP contribution in [0, 0.1) is 12.7 Å². The van der Waals surface area contributed by atoms with Crippen LogP contribution in [0.2, 0.25) is 0 Å². The van der Waals surface area contributed by atoms with Crippen molar-refractivity contribution in [2.24, 2.45) is 0 Å². The Morgan fingerprint density at radius 1 is 1.13 bits per heavy atom. The molecule has 0 aliphatic rings. The van der Waals surface area contributed by atoms with E-state index in [4.69, 9.17) is 4.42 Å². The zero-order valence-electron chi connectivity index (χ0n) is 12.7. The van der Waals surface area contributed by atoms with Crippen LogP contribution in [0.4, 0.5) is 4.39 Å². The number of oxazole rings is 1. The van der Waals surface area contributed by atoms with Crippen molar-refractivity contribution < 1.29 is 13.0 Å². The molecule has 0 spiro atoms. The lowest BCUT2D eigenvalue weighted by molar-refractivity contribution is 0.572. The molecule has 1 aromatic heterocycles. The summed E-state index contributed by atoms with van der Waals surface area (Å²) in [6.07, 6.45) is 1.51. The number of rotatable bonds is 5. The maximum atomic E-state index is 12.9. The Balaban J connectivity index is 1.66. The average molecular weight is 329 g/mol. The van der Waals surface area contributed by atoms with Crippen LogP contribution < -0.4 is 0 Å². The molecule has 0 saturated heterocycles. The van der Waals surface area contributed by atoms with Gasteiger partial charge in [-0.05, 0) is 36.8 Å². The highest BCUT2D eigenvalue weighted by Gasteiger charge is 2.10. The van der Waals surface area contributed by atoms with Gasteiger partial charge in [-0.1, -0.05) is 29.8 Å². The molecule has 0 amide bonds. The number of aryl methyl sites for hydroxylation is 1. The quantitative estimate of drug-likeness (QED) is 0.703. The van der Waals surface area contributed by atoms with E-state index in [1.54, 1.807) is 12.1 Å². The van der Waals surface area contributed by atoms with Gasteiger partial charge in [0.2, 0.25) is 5.89 Å². The molecule has 0 radical (unpaired) electrons. The summed E-state index contributed by atoms with van der Waals surface area (Å²) in [5.41, 5.74) is 3.53. The average Bonchev–Trinajstić information content (AvgIpc) is 2.96. The van der Waals surface area contributed by atoms with Crippen LogP contribution in [-0.4, -0.2) is 9.19 Å². The van der Waals surface area contributed by atoms with Gasteiger partial charge in [0.25, 0.3) is 0 Å². The predicted octanol–water partition coefficient (Wildman–Crippen LogP) is 4.24. The van der Waals surface area contributed by atoms with E-state index in [0.29, 0.717) is 28.7 Å². The molecule has 0 aliphatic heterocycles. The van der Waals surface area contributed by atoms with E-state index in [9.17, 15) is 8.60 Å². The maximum Gasteiger partial charge on any atom is 0.226 e. The van der Waals surface area contributed by atoms with Crippen LogP contribution in [0.25, 0.3) is 11.5 Å². The largest absolute Gasteiger partial charge is 0.444 e. The van der Waals surface area contributed by atoms with Gasteiger partial charge in [-0.25, -0.2) is 9.37 Å². The van der Waals surface area contributed by atoms with Crippen LogP contribution in [0.5, 0.6) is 0 Å². The Morgan fingerprint density at radius 3 is 2.65 bits per heavy atom. The van der Waals surface area contributed by atoms with Gasteiger partial charge in [0.15, 0.2) is 0 Å². The fourth-order valence-corrected chi connectivity index (χ4v) is 3.42. The van der Waals surface area contributed by atoms with Crippen molar-refractivity contribution >= 4 is 10.8 Å². The minimum absolute atomic E-state index is 0.306. The molecule has 3 rings (SSSR count). The van der Waals surface area contributed by atoms with Crippen LogP contribution in [0.3, 0.4) is 0 Å². The van der Waals surface area contributed by atoms with E-state index >= 15 is 0 Å². The number of benzene rings is 2. The molecule has 1 heterocycles. The third-order valence-corrected chi connectivity index (χ3v) is 4.63. The normalized spacial score (nSPS) is 12.3. The van der Waals surface area contributed by atoms with Crippen molar-refractivity contribution in [3.63, 3.8) is 0 Å². The summed E-state index contributed by atoms with van der Waals surface area (Å²) in [7, 11) is -1.06. The number of nitrogens with zero attached hydrogens (tertiary/aromatic N) is 1. The molecule has 0 unspecified atom stereocenters. The lowest BCUT2D eigenvalue weighted by Crippen LogP contribution is -2.00. The predicted molar refractivity (Wildman–Crippen MR) is 88.6 cm³/mol. The van der Waals surface area contributed by atoms with E-state index in [1.165, 1.54) is 18.4 Å². The van der Waals surface area contributed by atoms with Gasteiger partial charge in [0.1, 0.15) is 12.1 Å². The summed E-state index contributed by atoms with van der Waals surface area (Å²) < 4.78 is 30.6. The number of halogens is 1. The smallest absolute Gasteiger partial charge is 0.226 e. The molecule has 3 nitrogen and oxygen atoms in total. The van der Waals surface area contributed by atoms with Crippen LogP contribution in [0.1, 0.15) is 16.8 Å². The molecule has 118 valence electrons. The summed E-state index contributed by atoms with van der Waals surface area (Å²) in [5.74, 6) is 0.923. The molecule has 0 fully saturated rings. The minimum atomic E-state index is -1.06. The van der Waals surface area contributed by atoms with Crippen LogP contribution >= 0.6 is 0 Å². The second-order valence-electron chi connectivity index (χ2n) is 5.37. The molecule has 0 aliphatic carbocycles. The first kappa shape index (κ1) is 15.6. The van der Waals surface area contributed by atoms with Gasteiger partial charge in [-0.3, -0.25) is 4.21 Å². The fourth-order valence-electron chi connectivity index (χ4n) is 2.30. The third-order valence-electron chi connectivity index (χ3n) is 3.36. The molecule has 5 heteroatoms.